The van der Waals surface area contributed by atoms with Crippen LogP contribution in [0.4, 0.5) is 0 Å². The van der Waals surface area contributed by atoms with Gasteiger partial charge in [-0.15, -0.1) is 0 Å². The SMILES string of the molecule is Cc1cccnc1OC1CNC1. The lowest BCUT2D eigenvalue weighted by Crippen LogP contribution is -2.50. The zero-order valence-corrected chi connectivity index (χ0v) is 7.08. The fourth-order valence-corrected chi connectivity index (χ4v) is 1.10. The van der Waals surface area contributed by atoms with Gasteiger partial charge in [0.15, 0.2) is 0 Å². The zero-order chi connectivity index (χ0) is 8.39. The van der Waals surface area contributed by atoms with Crippen molar-refractivity contribution in [1.82, 2.24) is 10.3 Å². The van der Waals surface area contributed by atoms with Crippen LogP contribution in [0.3, 0.4) is 0 Å². The summed E-state index contributed by atoms with van der Waals surface area (Å²) < 4.78 is 5.61. The monoisotopic (exact) mass is 164 g/mol. The molecule has 0 atom stereocenters. The fourth-order valence-electron chi connectivity index (χ4n) is 1.10. The van der Waals surface area contributed by atoms with E-state index in [1.54, 1.807) is 6.20 Å². The largest absolute Gasteiger partial charge is 0.471 e. The van der Waals surface area contributed by atoms with Crippen molar-refractivity contribution in [3.63, 3.8) is 0 Å². The molecule has 2 heterocycles. The van der Waals surface area contributed by atoms with Crippen LogP contribution in [0.15, 0.2) is 18.3 Å². The van der Waals surface area contributed by atoms with Crippen LogP contribution in [0.5, 0.6) is 5.88 Å². The molecule has 1 N–H and O–H groups in total. The minimum absolute atomic E-state index is 0.318. The fraction of sp³-hybridized carbons (Fsp3) is 0.444. The highest BCUT2D eigenvalue weighted by Crippen LogP contribution is 2.14. The van der Waals surface area contributed by atoms with Crippen molar-refractivity contribution in [3.8, 4) is 5.88 Å². The molecule has 1 aliphatic rings. The first-order valence-electron chi connectivity index (χ1n) is 4.15. The van der Waals surface area contributed by atoms with Crippen LogP contribution >= 0.6 is 0 Å². The highest BCUT2D eigenvalue weighted by atomic mass is 16.5. The summed E-state index contributed by atoms with van der Waals surface area (Å²) in [5.74, 6) is 0.768. The van der Waals surface area contributed by atoms with E-state index in [0.29, 0.717) is 6.10 Å². The number of rotatable bonds is 2. The first kappa shape index (κ1) is 7.55. The molecule has 0 aromatic carbocycles. The van der Waals surface area contributed by atoms with E-state index in [1.165, 1.54) is 0 Å². The summed E-state index contributed by atoms with van der Waals surface area (Å²) in [5.41, 5.74) is 1.10. The van der Waals surface area contributed by atoms with Crippen molar-refractivity contribution in [2.24, 2.45) is 0 Å². The minimum Gasteiger partial charge on any atom is -0.471 e. The maximum Gasteiger partial charge on any atom is 0.216 e. The third kappa shape index (κ3) is 1.41. The number of pyridine rings is 1. The molecule has 0 aliphatic carbocycles. The van der Waals surface area contributed by atoms with Crippen LogP contribution < -0.4 is 10.1 Å². The lowest BCUT2D eigenvalue weighted by molar-refractivity contribution is 0.135. The molecule has 3 heteroatoms. The second-order valence-electron chi connectivity index (χ2n) is 3.02. The zero-order valence-electron chi connectivity index (χ0n) is 7.08. The van der Waals surface area contributed by atoms with Gasteiger partial charge >= 0.3 is 0 Å². The Balaban J connectivity index is 2.06. The maximum absolute atomic E-state index is 5.61. The number of hydrogen-bond acceptors (Lipinski definition) is 3. The third-order valence-electron chi connectivity index (χ3n) is 1.98. The van der Waals surface area contributed by atoms with Gasteiger partial charge in [-0.2, -0.15) is 0 Å². The number of aryl methyl sites for hydroxylation is 1. The van der Waals surface area contributed by atoms with Crippen molar-refractivity contribution < 1.29 is 4.74 Å². The van der Waals surface area contributed by atoms with Gasteiger partial charge in [-0.1, -0.05) is 6.07 Å². The van der Waals surface area contributed by atoms with Gasteiger partial charge in [-0.3, -0.25) is 0 Å². The summed E-state index contributed by atoms with van der Waals surface area (Å²) in [4.78, 5) is 4.15. The Hall–Kier alpha value is -1.09. The van der Waals surface area contributed by atoms with Crippen molar-refractivity contribution in [3.05, 3.63) is 23.9 Å². The van der Waals surface area contributed by atoms with Crippen LogP contribution in [-0.2, 0) is 0 Å². The molecule has 1 fully saturated rings. The Morgan fingerprint density at radius 2 is 2.42 bits per heavy atom. The summed E-state index contributed by atoms with van der Waals surface area (Å²) >= 11 is 0. The number of ether oxygens (including phenoxy) is 1. The summed E-state index contributed by atoms with van der Waals surface area (Å²) in [7, 11) is 0. The molecular formula is C9H12N2O. The van der Waals surface area contributed by atoms with Crippen LogP contribution in [0, 0.1) is 6.92 Å². The van der Waals surface area contributed by atoms with E-state index in [0.717, 1.165) is 24.5 Å². The Labute approximate surface area is 71.8 Å². The molecule has 3 nitrogen and oxygen atoms in total. The van der Waals surface area contributed by atoms with Crippen LogP contribution in [0.25, 0.3) is 0 Å². The van der Waals surface area contributed by atoms with E-state index in [1.807, 2.05) is 19.1 Å². The van der Waals surface area contributed by atoms with E-state index in [2.05, 4.69) is 10.3 Å². The van der Waals surface area contributed by atoms with Crippen molar-refractivity contribution in [2.45, 2.75) is 13.0 Å². The molecule has 0 amide bonds. The second-order valence-corrected chi connectivity index (χ2v) is 3.02. The van der Waals surface area contributed by atoms with Gasteiger partial charge in [0.2, 0.25) is 5.88 Å². The highest BCUT2D eigenvalue weighted by Gasteiger charge is 2.19. The molecule has 1 aromatic rings. The van der Waals surface area contributed by atoms with Crippen molar-refractivity contribution in [1.29, 1.82) is 0 Å². The summed E-state index contributed by atoms with van der Waals surface area (Å²) in [6.45, 7) is 3.89. The smallest absolute Gasteiger partial charge is 0.216 e. The molecule has 1 saturated heterocycles. The van der Waals surface area contributed by atoms with Gasteiger partial charge < -0.3 is 10.1 Å². The minimum atomic E-state index is 0.318. The average molecular weight is 164 g/mol. The van der Waals surface area contributed by atoms with Gasteiger partial charge in [0.05, 0.1) is 0 Å². The van der Waals surface area contributed by atoms with Crippen molar-refractivity contribution in [2.75, 3.05) is 13.1 Å². The topological polar surface area (TPSA) is 34.1 Å². The molecule has 0 radical (unpaired) electrons. The lowest BCUT2D eigenvalue weighted by Gasteiger charge is -2.27. The second kappa shape index (κ2) is 3.11. The number of nitrogens with one attached hydrogen (secondary N) is 1. The standard InChI is InChI=1S/C9H12N2O/c1-7-3-2-4-11-9(7)12-8-5-10-6-8/h2-4,8,10H,5-6H2,1H3. The van der Waals surface area contributed by atoms with E-state index in [4.69, 9.17) is 4.74 Å². The molecule has 1 aliphatic heterocycles. The Morgan fingerprint density at radius 1 is 1.58 bits per heavy atom. The molecule has 0 bridgehead atoms. The van der Waals surface area contributed by atoms with E-state index < -0.39 is 0 Å². The summed E-state index contributed by atoms with van der Waals surface area (Å²) in [6.07, 6.45) is 2.08. The predicted molar refractivity (Wildman–Crippen MR) is 46.3 cm³/mol. The molecular weight excluding hydrogens is 152 g/mol. The summed E-state index contributed by atoms with van der Waals surface area (Å²) in [5, 5.41) is 3.15. The molecule has 2 rings (SSSR count). The Bertz CT molecular complexity index is 271. The number of nitrogens with zero attached hydrogens (tertiary/aromatic N) is 1. The van der Waals surface area contributed by atoms with E-state index in [9.17, 15) is 0 Å². The first-order valence-corrected chi connectivity index (χ1v) is 4.15. The van der Waals surface area contributed by atoms with Crippen LogP contribution in [0.2, 0.25) is 0 Å². The molecule has 64 valence electrons. The lowest BCUT2D eigenvalue weighted by atomic mass is 10.2. The van der Waals surface area contributed by atoms with Crippen molar-refractivity contribution >= 4 is 0 Å². The molecule has 1 aromatic heterocycles. The molecule has 0 saturated carbocycles. The van der Waals surface area contributed by atoms with Gasteiger partial charge in [-0.05, 0) is 13.0 Å². The maximum atomic E-state index is 5.61. The third-order valence-corrected chi connectivity index (χ3v) is 1.98. The Kier molecular flexibility index (Phi) is 1.96. The van der Waals surface area contributed by atoms with Crippen LogP contribution in [-0.4, -0.2) is 24.2 Å². The molecule has 0 unspecified atom stereocenters. The molecule has 12 heavy (non-hydrogen) atoms. The Morgan fingerprint density at radius 3 is 3.00 bits per heavy atom. The van der Waals surface area contributed by atoms with Gasteiger partial charge in [0.25, 0.3) is 0 Å². The molecule has 0 spiro atoms. The van der Waals surface area contributed by atoms with E-state index >= 15 is 0 Å². The summed E-state index contributed by atoms with van der Waals surface area (Å²) in [6, 6.07) is 3.93. The van der Waals surface area contributed by atoms with Gasteiger partial charge in [-0.25, -0.2) is 4.98 Å². The number of hydrogen-bond donors (Lipinski definition) is 1. The number of aromatic nitrogens is 1. The van der Waals surface area contributed by atoms with Gasteiger partial charge in [0.1, 0.15) is 6.10 Å². The first-order chi connectivity index (χ1) is 5.86. The van der Waals surface area contributed by atoms with Gasteiger partial charge in [0, 0.05) is 24.8 Å². The van der Waals surface area contributed by atoms with Crippen LogP contribution in [0.1, 0.15) is 5.56 Å². The highest BCUT2D eigenvalue weighted by molar-refractivity contribution is 5.23. The normalized spacial score (nSPS) is 17.1. The predicted octanol–water partition coefficient (Wildman–Crippen LogP) is 0.741. The quantitative estimate of drug-likeness (QED) is 0.700. The van der Waals surface area contributed by atoms with E-state index in [-0.39, 0.29) is 0 Å². The average Bonchev–Trinajstić information content (AvgIpc) is 2.00.